The molecule has 0 aliphatic heterocycles. The van der Waals surface area contributed by atoms with Crippen LogP contribution in [0.15, 0.2) is 29.1 Å². The van der Waals surface area contributed by atoms with Crippen LogP contribution in [0.3, 0.4) is 0 Å². The van der Waals surface area contributed by atoms with Gasteiger partial charge in [0.25, 0.3) is 5.56 Å². The minimum absolute atomic E-state index is 0.0572. The molecule has 3 nitrogen and oxygen atoms in total. The predicted molar refractivity (Wildman–Crippen MR) is 78.4 cm³/mol. The van der Waals surface area contributed by atoms with Gasteiger partial charge in [-0.1, -0.05) is 25.1 Å². The van der Waals surface area contributed by atoms with Gasteiger partial charge in [-0.15, -0.1) is 0 Å². The fraction of sp³-hybridized carbons (Fsp3) is 0.438. The Balaban J connectivity index is 2.37. The molecule has 0 spiro atoms. The van der Waals surface area contributed by atoms with Gasteiger partial charge in [-0.3, -0.25) is 4.79 Å². The minimum Gasteiger partial charge on any atom is -0.323 e. The van der Waals surface area contributed by atoms with Crippen LogP contribution in [0, 0.1) is 6.92 Å². The van der Waals surface area contributed by atoms with Crippen LogP contribution < -0.4 is 11.3 Å². The van der Waals surface area contributed by atoms with Gasteiger partial charge >= 0.3 is 0 Å². The maximum Gasteiger partial charge on any atom is 0.259 e. The van der Waals surface area contributed by atoms with E-state index in [0.29, 0.717) is 6.04 Å². The molecule has 0 radical (unpaired) electrons. The molecule has 1 fully saturated rings. The highest BCUT2D eigenvalue weighted by molar-refractivity contribution is 5.85. The average molecular weight is 256 g/mol. The highest BCUT2D eigenvalue weighted by Gasteiger charge is 2.29. The van der Waals surface area contributed by atoms with Crippen LogP contribution in [0.25, 0.3) is 10.8 Å². The van der Waals surface area contributed by atoms with Crippen molar-refractivity contribution in [2.75, 3.05) is 0 Å². The van der Waals surface area contributed by atoms with Crippen LogP contribution in [0.4, 0.5) is 0 Å². The first-order valence-corrected chi connectivity index (χ1v) is 7.03. The predicted octanol–water partition coefficient (Wildman–Crippen LogP) is 3.05. The lowest BCUT2D eigenvalue weighted by atomic mass is 10.0. The number of nitrogens with two attached hydrogens (primary N) is 1. The molecule has 1 aromatic carbocycles. The second-order valence-corrected chi connectivity index (χ2v) is 5.53. The molecule has 0 unspecified atom stereocenters. The topological polar surface area (TPSA) is 48.0 Å². The summed E-state index contributed by atoms with van der Waals surface area (Å²) in [6.07, 6.45) is 3.05. The van der Waals surface area contributed by atoms with Crippen LogP contribution in [-0.4, -0.2) is 4.57 Å². The first-order valence-electron chi connectivity index (χ1n) is 7.03. The number of nitrogens with zero attached hydrogens (tertiary/aromatic N) is 1. The van der Waals surface area contributed by atoms with Gasteiger partial charge in [0, 0.05) is 17.8 Å². The molecule has 3 rings (SSSR count). The maximum absolute atomic E-state index is 12.8. The second-order valence-electron chi connectivity index (χ2n) is 5.53. The fourth-order valence-corrected chi connectivity index (χ4v) is 2.77. The molecule has 2 aromatic rings. The van der Waals surface area contributed by atoms with E-state index in [0.717, 1.165) is 41.3 Å². The summed E-state index contributed by atoms with van der Waals surface area (Å²) in [5.41, 5.74) is 8.38. The molecular formula is C16H20N2O. The molecule has 1 heterocycles. The summed E-state index contributed by atoms with van der Waals surface area (Å²) in [5.74, 6) is 0. The number of hydrogen-bond acceptors (Lipinski definition) is 2. The Kier molecular flexibility index (Phi) is 2.94. The van der Waals surface area contributed by atoms with Gasteiger partial charge in [-0.2, -0.15) is 0 Å². The van der Waals surface area contributed by atoms with Crippen molar-refractivity contribution in [3.63, 3.8) is 0 Å². The quantitative estimate of drug-likeness (QED) is 0.917. The molecule has 1 aliphatic carbocycles. The van der Waals surface area contributed by atoms with E-state index >= 15 is 0 Å². The number of aromatic nitrogens is 1. The zero-order valence-corrected chi connectivity index (χ0v) is 11.5. The molecule has 3 heteroatoms. The normalized spacial score (nSPS) is 16.8. The zero-order valence-electron chi connectivity index (χ0n) is 11.5. The molecule has 1 aliphatic rings. The SMILES string of the molecule is CC[C@H](N)c1cc2cccc(C)c2c(=O)n1C1CC1. The van der Waals surface area contributed by atoms with Crippen molar-refractivity contribution in [1.29, 1.82) is 0 Å². The third-order valence-electron chi connectivity index (χ3n) is 4.05. The van der Waals surface area contributed by atoms with E-state index in [-0.39, 0.29) is 11.6 Å². The van der Waals surface area contributed by atoms with E-state index in [4.69, 9.17) is 5.73 Å². The molecule has 2 N–H and O–H groups in total. The summed E-state index contributed by atoms with van der Waals surface area (Å²) in [5, 5.41) is 1.86. The van der Waals surface area contributed by atoms with E-state index < -0.39 is 0 Å². The highest BCUT2D eigenvalue weighted by atomic mass is 16.1. The van der Waals surface area contributed by atoms with Crippen molar-refractivity contribution in [3.8, 4) is 0 Å². The Morgan fingerprint density at radius 1 is 1.42 bits per heavy atom. The molecule has 1 saturated carbocycles. The monoisotopic (exact) mass is 256 g/mol. The van der Waals surface area contributed by atoms with E-state index in [9.17, 15) is 4.79 Å². The summed E-state index contributed by atoms with van der Waals surface area (Å²) in [6, 6.07) is 8.42. The molecule has 0 bridgehead atoms. The van der Waals surface area contributed by atoms with Gasteiger partial charge in [0.15, 0.2) is 0 Å². The number of benzene rings is 1. The van der Waals surface area contributed by atoms with Gasteiger partial charge in [0.05, 0.1) is 5.39 Å². The number of fused-ring (bicyclic) bond motifs is 1. The maximum atomic E-state index is 12.8. The summed E-state index contributed by atoms with van der Waals surface area (Å²) < 4.78 is 1.95. The van der Waals surface area contributed by atoms with E-state index in [1.54, 1.807) is 0 Å². The first-order chi connectivity index (χ1) is 9.13. The van der Waals surface area contributed by atoms with E-state index in [1.165, 1.54) is 0 Å². The molecule has 1 atom stereocenters. The van der Waals surface area contributed by atoms with Gasteiger partial charge in [-0.25, -0.2) is 0 Å². The fourth-order valence-electron chi connectivity index (χ4n) is 2.77. The lowest BCUT2D eigenvalue weighted by Gasteiger charge is -2.19. The standard InChI is InChI=1S/C16H20N2O/c1-3-13(17)14-9-11-6-4-5-10(2)15(11)16(19)18(14)12-7-8-12/h4-6,9,12-13H,3,7-8,17H2,1-2H3/t13-/m0/s1. The molecule has 19 heavy (non-hydrogen) atoms. The van der Waals surface area contributed by atoms with Crippen LogP contribution in [0.1, 0.15) is 49.5 Å². The van der Waals surface area contributed by atoms with Crippen molar-refractivity contribution in [3.05, 3.63) is 45.9 Å². The first kappa shape index (κ1) is 12.4. The van der Waals surface area contributed by atoms with Crippen molar-refractivity contribution >= 4 is 10.8 Å². The van der Waals surface area contributed by atoms with Crippen LogP contribution in [0.5, 0.6) is 0 Å². The molecule has 0 saturated heterocycles. The minimum atomic E-state index is -0.0572. The third kappa shape index (κ3) is 1.98. The summed E-state index contributed by atoms with van der Waals surface area (Å²) in [7, 11) is 0. The van der Waals surface area contributed by atoms with Crippen LogP contribution >= 0.6 is 0 Å². The van der Waals surface area contributed by atoms with Crippen molar-refractivity contribution in [2.45, 2.75) is 45.2 Å². The van der Waals surface area contributed by atoms with Gasteiger partial charge in [0.1, 0.15) is 0 Å². The Labute approximate surface area is 113 Å². The Morgan fingerprint density at radius 3 is 2.79 bits per heavy atom. The summed E-state index contributed by atoms with van der Waals surface area (Å²) in [6.45, 7) is 4.06. The Morgan fingerprint density at radius 2 is 2.16 bits per heavy atom. The van der Waals surface area contributed by atoms with Crippen molar-refractivity contribution in [2.24, 2.45) is 5.73 Å². The van der Waals surface area contributed by atoms with Crippen LogP contribution in [0.2, 0.25) is 0 Å². The molecule has 1 aromatic heterocycles. The second kappa shape index (κ2) is 4.49. The molecular weight excluding hydrogens is 236 g/mol. The zero-order chi connectivity index (χ0) is 13.6. The van der Waals surface area contributed by atoms with Crippen molar-refractivity contribution in [1.82, 2.24) is 4.57 Å². The van der Waals surface area contributed by atoms with Gasteiger partial charge in [0.2, 0.25) is 0 Å². The highest BCUT2D eigenvalue weighted by Crippen LogP contribution is 2.36. The Hall–Kier alpha value is -1.61. The molecule has 100 valence electrons. The third-order valence-corrected chi connectivity index (χ3v) is 4.05. The number of aryl methyl sites for hydroxylation is 1. The average Bonchev–Trinajstić information content (AvgIpc) is 3.21. The van der Waals surface area contributed by atoms with Gasteiger partial charge < -0.3 is 10.3 Å². The summed E-state index contributed by atoms with van der Waals surface area (Å²) in [4.78, 5) is 12.8. The van der Waals surface area contributed by atoms with Crippen LogP contribution in [-0.2, 0) is 0 Å². The Bertz CT molecular complexity index is 683. The van der Waals surface area contributed by atoms with E-state index in [2.05, 4.69) is 13.0 Å². The lowest BCUT2D eigenvalue weighted by Crippen LogP contribution is -2.27. The number of hydrogen-bond donors (Lipinski definition) is 1. The lowest BCUT2D eigenvalue weighted by molar-refractivity contribution is 0.582. The summed E-state index contributed by atoms with van der Waals surface area (Å²) >= 11 is 0. The number of pyridine rings is 1. The van der Waals surface area contributed by atoms with Crippen molar-refractivity contribution < 1.29 is 0 Å². The molecule has 0 amide bonds. The van der Waals surface area contributed by atoms with Gasteiger partial charge in [-0.05, 0) is 43.2 Å². The van der Waals surface area contributed by atoms with E-state index in [1.807, 2.05) is 29.7 Å². The largest absolute Gasteiger partial charge is 0.323 e. The number of rotatable bonds is 3. The smallest absolute Gasteiger partial charge is 0.259 e.